The Kier molecular flexibility index (Phi) is 12.4. The zero-order chi connectivity index (χ0) is 56.3. The van der Waals surface area contributed by atoms with Crippen LogP contribution >= 0.6 is 0 Å². The van der Waals surface area contributed by atoms with E-state index in [1.54, 1.807) is 57.7 Å². The van der Waals surface area contributed by atoms with Crippen molar-refractivity contribution in [2.24, 2.45) is 0 Å². The molecule has 0 N–H and O–H groups in total. The summed E-state index contributed by atoms with van der Waals surface area (Å²) in [4.78, 5) is 4.14. The third-order valence-electron chi connectivity index (χ3n) is 15.0. The van der Waals surface area contributed by atoms with Gasteiger partial charge in [0.15, 0.2) is 0 Å². The normalized spacial score (nSPS) is 11.8. The van der Waals surface area contributed by atoms with Crippen LogP contribution in [0.25, 0.3) is 77.2 Å². The fraction of sp³-hybridized carbons (Fsp3) is 0.0286. The average molecular weight is 1080 g/mol. The van der Waals surface area contributed by atoms with Crippen molar-refractivity contribution in [1.82, 2.24) is 9.13 Å². The number of rotatable bonds is 10. The van der Waals surface area contributed by atoms with E-state index in [9.17, 15) is 10.5 Å². The topological polar surface area (TPSA) is 63.9 Å². The Balaban J connectivity index is 1.21. The van der Waals surface area contributed by atoms with Crippen LogP contribution in [0.1, 0.15) is 22.3 Å². The Labute approximate surface area is 466 Å². The van der Waals surface area contributed by atoms with Crippen LogP contribution in [0.15, 0.2) is 255 Å². The quantitative estimate of drug-likeness (QED) is 0.128. The largest absolute Gasteiger partial charge is 0.416 e. The van der Waals surface area contributed by atoms with E-state index >= 15 is 26.3 Å². The fourth-order valence-corrected chi connectivity index (χ4v) is 11.5. The number of fused-ring (bicyclic) bond motifs is 6. The lowest BCUT2D eigenvalue weighted by molar-refractivity contribution is -0.138. The molecule has 6 nitrogen and oxygen atoms in total. The number of alkyl halides is 6. The predicted molar refractivity (Wildman–Crippen MR) is 315 cm³/mol. The van der Waals surface area contributed by atoms with Gasteiger partial charge in [0.2, 0.25) is 0 Å². The highest BCUT2D eigenvalue weighted by atomic mass is 19.4. The minimum atomic E-state index is -4.80. The number of benzene rings is 11. The lowest BCUT2D eigenvalue weighted by Crippen LogP contribution is -2.13. The van der Waals surface area contributed by atoms with Gasteiger partial charge in [0.1, 0.15) is 12.1 Å². The number of para-hydroxylation sites is 6. The van der Waals surface area contributed by atoms with Crippen LogP contribution in [0.5, 0.6) is 0 Å². The van der Waals surface area contributed by atoms with Crippen molar-refractivity contribution in [3.05, 3.63) is 277 Å². The minimum absolute atomic E-state index is 0.0152. The van der Waals surface area contributed by atoms with E-state index in [-0.39, 0.29) is 39.1 Å². The van der Waals surface area contributed by atoms with E-state index in [0.29, 0.717) is 49.3 Å². The van der Waals surface area contributed by atoms with E-state index in [4.69, 9.17) is 0 Å². The van der Waals surface area contributed by atoms with Crippen molar-refractivity contribution in [3.8, 4) is 45.8 Å². The standard InChI is InChI=1S/C70H42F6N6/c71-69(72,73)47-33-39-57-55-25-13-15-27-61(55)81(63(57)41-47)67-60(44-78)59(43-77)65(45-29-35-53(36-30-45)79(49-17-5-1-6-18-49)50-19-7-2-8-20-50)66(46-31-37-54(38-32-46)80(51-21-9-3-10-22-51)52-23-11-4-12-24-52)68(67)82-62-28-16-14-26-56(62)58-40-34-48(42-64(58)82)70(74,75)76/h1-42H. The van der Waals surface area contributed by atoms with Gasteiger partial charge in [-0.05, 0) is 120 Å². The summed E-state index contributed by atoms with van der Waals surface area (Å²) < 4.78 is 94.0. The molecule has 2 aromatic heterocycles. The molecule has 0 fully saturated rings. The molecule has 11 aromatic carbocycles. The zero-order valence-electron chi connectivity index (χ0n) is 43.2. The summed E-state index contributed by atoms with van der Waals surface area (Å²) in [5.41, 5.74) is 5.30. The number of hydrogen-bond donors (Lipinski definition) is 0. The Morgan fingerprint density at radius 2 is 0.622 bits per heavy atom. The molecule has 0 radical (unpaired) electrons. The van der Waals surface area contributed by atoms with Crippen molar-refractivity contribution < 1.29 is 26.3 Å². The first-order valence-corrected chi connectivity index (χ1v) is 26.2. The van der Waals surface area contributed by atoms with Crippen LogP contribution < -0.4 is 9.80 Å². The molecule has 0 aliphatic carbocycles. The first-order chi connectivity index (χ1) is 39.9. The molecule has 2 heterocycles. The summed E-state index contributed by atoms with van der Waals surface area (Å²) in [6.45, 7) is 0. The molecule has 13 rings (SSSR count). The average Bonchev–Trinajstić information content (AvgIpc) is 2.62. The summed E-state index contributed by atoms with van der Waals surface area (Å²) in [7, 11) is 0. The summed E-state index contributed by atoms with van der Waals surface area (Å²) in [5.74, 6) is 0. The Bertz CT molecular complexity index is 4580. The summed E-state index contributed by atoms with van der Waals surface area (Å²) in [6, 6.07) is 79.9. The molecule has 0 aliphatic rings. The van der Waals surface area contributed by atoms with Crippen LogP contribution in [0.2, 0.25) is 0 Å². The van der Waals surface area contributed by atoms with E-state index < -0.39 is 23.5 Å². The summed E-state index contributed by atoms with van der Waals surface area (Å²) in [6.07, 6.45) is -9.61. The first-order valence-electron chi connectivity index (χ1n) is 26.2. The van der Waals surface area contributed by atoms with Crippen LogP contribution in [-0.2, 0) is 12.4 Å². The van der Waals surface area contributed by atoms with Crippen molar-refractivity contribution in [3.63, 3.8) is 0 Å². The maximum absolute atomic E-state index is 15.2. The van der Waals surface area contributed by atoms with Gasteiger partial charge in [0.05, 0.1) is 55.7 Å². The van der Waals surface area contributed by atoms with E-state index in [1.807, 2.05) is 170 Å². The Hall–Kier alpha value is -10.8. The molecule has 394 valence electrons. The highest BCUT2D eigenvalue weighted by Crippen LogP contribution is 2.51. The van der Waals surface area contributed by atoms with Gasteiger partial charge < -0.3 is 18.9 Å². The molecule has 0 amide bonds. The molecule has 82 heavy (non-hydrogen) atoms. The predicted octanol–water partition coefficient (Wildman–Crippen LogP) is 19.9. The summed E-state index contributed by atoms with van der Waals surface area (Å²) in [5, 5.41) is 25.7. The number of anilines is 6. The van der Waals surface area contributed by atoms with Gasteiger partial charge in [-0.1, -0.05) is 146 Å². The van der Waals surface area contributed by atoms with Gasteiger partial charge >= 0.3 is 12.4 Å². The van der Waals surface area contributed by atoms with Gasteiger partial charge in [0, 0.05) is 66.8 Å². The molecule has 0 unspecified atom stereocenters. The van der Waals surface area contributed by atoms with Crippen molar-refractivity contribution in [2.75, 3.05) is 9.80 Å². The second kappa shape index (κ2) is 20.1. The SMILES string of the molecule is N#Cc1c(C#N)c(-n2c3ccccc3c3ccc(C(F)(F)F)cc32)c(-n2c3ccccc3c3ccc(C(F)(F)F)cc32)c(-c2ccc(N(c3ccccc3)c3ccccc3)cc2)c1-c1ccc(N(c2ccccc2)c2ccccc2)cc1. The molecule has 0 atom stereocenters. The van der Waals surface area contributed by atoms with E-state index in [1.165, 1.54) is 12.1 Å². The summed E-state index contributed by atoms with van der Waals surface area (Å²) >= 11 is 0. The first kappa shape index (κ1) is 50.7. The molecule has 12 heteroatoms. The molecule has 0 saturated carbocycles. The molecular formula is C70H42F6N6. The van der Waals surface area contributed by atoms with Crippen LogP contribution in [0.3, 0.4) is 0 Å². The molecule has 0 saturated heterocycles. The van der Waals surface area contributed by atoms with Crippen molar-refractivity contribution in [1.29, 1.82) is 10.5 Å². The van der Waals surface area contributed by atoms with Crippen LogP contribution in [0, 0.1) is 22.7 Å². The van der Waals surface area contributed by atoms with Crippen molar-refractivity contribution >= 4 is 77.7 Å². The number of hydrogen-bond acceptors (Lipinski definition) is 4. The van der Waals surface area contributed by atoms with Crippen LogP contribution in [0.4, 0.5) is 60.5 Å². The van der Waals surface area contributed by atoms with E-state index in [2.05, 4.69) is 21.9 Å². The molecular weight excluding hydrogens is 1040 g/mol. The van der Waals surface area contributed by atoms with Crippen LogP contribution in [-0.4, -0.2) is 9.13 Å². The third kappa shape index (κ3) is 8.62. The smallest absolute Gasteiger partial charge is 0.311 e. The molecule has 0 spiro atoms. The zero-order valence-corrected chi connectivity index (χ0v) is 43.2. The van der Waals surface area contributed by atoms with Gasteiger partial charge in [-0.3, -0.25) is 0 Å². The highest BCUT2D eigenvalue weighted by molar-refractivity contribution is 6.14. The molecule has 0 aliphatic heterocycles. The lowest BCUT2D eigenvalue weighted by Gasteiger charge is -2.28. The van der Waals surface area contributed by atoms with Crippen molar-refractivity contribution in [2.45, 2.75) is 12.4 Å². The number of nitriles is 2. The number of halogens is 6. The molecule has 0 bridgehead atoms. The monoisotopic (exact) mass is 1080 g/mol. The lowest BCUT2D eigenvalue weighted by atomic mass is 9.85. The maximum atomic E-state index is 15.2. The van der Waals surface area contributed by atoms with Gasteiger partial charge in [-0.2, -0.15) is 36.9 Å². The number of nitrogens with zero attached hydrogens (tertiary/aromatic N) is 6. The highest BCUT2D eigenvalue weighted by Gasteiger charge is 2.36. The van der Waals surface area contributed by atoms with Gasteiger partial charge in [-0.25, -0.2) is 0 Å². The second-order valence-corrected chi connectivity index (χ2v) is 19.7. The fourth-order valence-electron chi connectivity index (χ4n) is 11.5. The van der Waals surface area contributed by atoms with E-state index in [0.717, 1.165) is 58.4 Å². The van der Waals surface area contributed by atoms with Gasteiger partial charge in [0.25, 0.3) is 0 Å². The maximum Gasteiger partial charge on any atom is 0.416 e. The molecule has 13 aromatic rings. The Morgan fingerprint density at radius 1 is 0.305 bits per heavy atom. The second-order valence-electron chi connectivity index (χ2n) is 19.7. The Morgan fingerprint density at radius 3 is 0.988 bits per heavy atom. The van der Waals surface area contributed by atoms with Gasteiger partial charge in [-0.15, -0.1) is 0 Å². The minimum Gasteiger partial charge on any atom is -0.311 e. The third-order valence-corrected chi connectivity index (χ3v) is 15.0. The number of aromatic nitrogens is 2.